The molecular weight excluding hydrogens is 360 g/mol. The Bertz CT molecular complexity index is 578. The molecule has 4 atom stereocenters. The molecular formula is C25H46O2Si. The van der Waals surface area contributed by atoms with Gasteiger partial charge in [0.15, 0.2) is 8.32 Å². The van der Waals surface area contributed by atoms with E-state index in [0.717, 1.165) is 18.4 Å². The van der Waals surface area contributed by atoms with Crippen LogP contribution in [-0.4, -0.2) is 20.2 Å². The zero-order chi connectivity index (χ0) is 22.3. The van der Waals surface area contributed by atoms with Gasteiger partial charge in [-0.2, -0.15) is 0 Å². The molecule has 0 aromatic heterocycles. The highest BCUT2D eigenvalue weighted by atomic mass is 28.4. The molecule has 28 heavy (non-hydrogen) atoms. The second kappa shape index (κ2) is 11.3. The molecule has 3 heteroatoms. The zero-order valence-electron chi connectivity index (χ0n) is 20.5. The molecule has 0 aliphatic rings. The van der Waals surface area contributed by atoms with E-state index in [4.69, 9.17) is 4.43 Å². The molecule has 0 amide bonds. The van der Waals surface area contributed by atoms with Crippen LogP contribution in [0, 0.1) is 17.8 Å². The van der Waals surface area contributed by atoms with Crippen LogP contribution < -0.4 is 0 Å². The van der Waals surface area contributed by atoms with E-state index in [9.17, 15) is 4.79 Å². The van der Waals surface area contributed by atoms with E-state index in [-0.39, 0.29) is 28.8 Å². The lowest BCUT2D eigenvalue weighted by atomic mass is 9.86. The van der Waals surface area contributed by atoms with E-state index < -0.39 is 8.32 Å². The van der Waals surface area contributed by atoms with Crippen molar-refractivity contribution in [2.45, 2.75) is 99.4 Å². The van der Waals surface area contributed by atoms with Crippen LogP contribution in [0.25, 0.3) is 0 Å². The van der Waals surface area contributed by atoms with E-state index >= 15 is 0 Å². The molecule has 0 N–H and O–H groups in total. The average Bonchev–Trinajstić information content (AvgIpc) is 2.56. The van der Waals surface area contributed by atoms with Crippen molar-refractivity contribution in [2.75, 3.05) is 0 Å². The minimum absolute atomic E-state index is 0.104. The minimum atomic E-state index is -1.99. The lowest BCUT2D eigenvalue weighted by Gasteiger charge is -2.41. The number of ketones is 1. The van der Waals surface area contributed by atoms with Crippen molar-refractivity contribution in [2.24, 2.45) is 17.8 Å². The van der Waals surface area contributed by atoms with Crippen LogP contribution in [0.5, 0.6) is 0 Å². The van der Waals surface area contributed by atoms with Crippen molar-refractivity contribution >= 4 is 14.1 Å². The first-order valence-corrected chi connectivity index (χ1v) is 13.8. The molecule has 0 heterocycles. The van der Waals surface area contributed by atoms with Gasteiger partial charge in [-0.3, -0.25) is 4.79 Å². The molecule has 0 saturated carbocycles. The predicted octanol–water partition coefficient (Wildman–Crippen LogP) is 7.73. The molecule has 162 valence electrons. The van der Waals surface area contributed by atoms with Crippen LogP contribution in [0.15, 0.2) is 36.0 Å². The third kappa shape index (κ3) is 8.20. The van der Waals surface area contributed by atoms with E-state index in [0.29, 0.717) is 5.92 Å². The van der Waals surface area contributed by atoms with Gasteiger partial charge >= 0.3 is 0 Å². The van der Waals surface area contributed by atoms with Gasteiger partial charge in [-0.25, -0.2) is 0 Å². The van der Waals surface area contributed by atoms with Crippen molar-refractivity contribution in [1.82, 2.24) is 0 Å². The van der Waals surface area contributed by atoms with Crippen LogP contribution in [0.1, 0.15) is 75.2 Å². The number of hydrogen-bond acceptors (Lipinski definition) is 2. The SMILES string of the molecule is C=C(CC)[C@@H](O[Si](C)(C)C(C)(C)C)[C@H](C)C(=O)[C@H](C)/C=C(\C)C[C@H](C)/C=C/C. The van der Waals surface area contributed by atoms with Gasteiger partial charge in [0.1, 0.15) is 5.78 Å². The second-order valence-electron chi connectivity index (χ2n) is 10.0. The van der Waals surface area contributed by atoms with E-state index in [1.54, 1.807) is 0 Å². The quantitative estimate of drug-likeness (QED) is 0.259. The lowest BCUT2D eigenvalue weighted by Crippen LogP contribution is -2.47. The summed E-state index contributed by atoms with van der Waals surface area (Å²) in [6.45, 7) is 28.0. The molecule has 0 spiro atoms. The first-order chi connectivity index (χ1) is 12.7. The highest BCUT2D eigenvalue weighted by molar-refractivity contribution is 6.74. The van der Waals surface area contributed by atoms with Crippen molar-refractivity contribution in [3.8, 4) is 0 Å². The molecule has 0 aliphatic carbocycles. The van der Waals surface area contributed by atoms with Gasteiger partial charge in [0, 0.05) is 11.8 Å². The van der Waals surface area contributed by atoms with Crippen LogP contribution in [0.2, 0.25) is 18.1 Å². The van der Waals surface area contributed by atoms with Crippen LogP contribution in [0.3, 0.4) is 0 Å². The van der Waals surface area contributed by atoms with Gasteiger partial charge in [0.25, 0.3) is 0 Å². The molecule has 0 aromatic rings. The first kappa shape index (κ1) is 27.1. The number of rotatable bonds is 11. The molecule has 0 saturated heterocycles. The van der Waals surface area contributed by atoms with Gasteiger partial charge in [-0.15, -0.1) is 0 Å². The maximum atomic E-state index is 13.2. The zero-order valence-corrected chi connectivity index (χ0v) is 21.5. The average molecular weight is 407 g/mol. The summed E-state index contributed by atoms with van der Waals surface area (Å²) in [6, 6.07) is 0. The third-order valence-electron chi connectivity index (χ3n) is 6.14. The highest BCUT2D eigenvalue weighted by Gasteiger charge is 2.41. The minimum Gasteiger partial charge on any atom is -0.410 e. The molecule has 0 radical (unpaired) electrons. The summed E-state index contributed by atoms with van der Waals surface area (Å²) in [7, 11) is -1.99. The summed E-state index contributed by atoms with van der Waals surface area (Å²) >= 11 is 0. The molecule has 0 aromatic carbocycles. The summed E-state index contributed by atoms with van der Waals surface area (Å²) in [4.78, 5) is 13.2. The van der Waals surface area contributed by atoms with Crippen molar-refractivity contribution < 1.29 is 9.22 Å². The molecule has 0 rings (SSSR count). The summed E-state index contributed by atoms with van der Waals surface area (Å²) in [5.41, 5.74) is 2.30. The van der Waals surface area contributed by atoms with Crippen molar-refractivity contribution in [3.05, 3.63) is 36.0 Å². The van der Waals surface area contributed by atoms with E-state index in [2.05, 4.69) is 79.4 Å². The normalized spacial score (nSPS) is 18.0. The molecule has 0 aliphatic heterocycles. The fourth-order valence-corrected chi connectivity index (χ4v) is 4.64. The Balaban J connectivity index is 5.45. The highest BCUT2D eigenvalue weighted by Crippen LogP contribution is 2.39. The Morgan fingerprint density at radius 1 is 1.18 bits per heavy atom. The van der Waals surface area contributed by atoms with E-state index in [1.165, 1.54) is 5.57 Å². The van der Waals surface area contributed by atoms with Gasteiger partial charge in [0.2, 0.25) is 0 Å². The molecule has 0 unspecified atom stereocenters. The Labute approximate surface area is 176 Å². The Hall–Kier alpha value is -0.933. The number of carbonyl (C=O) groups excluding carboxylic acids is 1. The van der Waals surface area contributed by atoms with Crippen LogP contribution in [-0.2, 0) is 9.22 Å². The molecule has 0 bridgehead atoms. The first-order valence-electron chi connectivity index (χ1n) is 10.9. The molecule has 0 fully saturated rings. The maximum Gasteiger partial charge on any atom is 0.192 e. The van der Waals surface area contributed by atoms with E-state index in [1.807, 2.05) is 20.8 Å². The fourth-order valence-electron chi connectivity index (χ4n) is 3.28. The monoisotopic (exact) mass is 406 g/mol. The summed E-state index contributed by atoms with van der Waals surface area (Å²) in [5.74, 6) is 0.448. The van der Waals surface area contributed by atoms with Crippen LogP contribution >= 0.6 is 0 Å². The lowest BCUT2D eigenvalue weighted by molar-refractivity contribution is -0.126. The smallest absolute Gasteiger partial charge is 0.192 e. The molecule has 2 nitrogen and oxygen atoms in total. The third-order valence-corrected chi connectivity index (χ3v) is 10.6. The number of Topliss-reactive ketones (excluding diaryl/α,β-unsaturated/α-hetero) is 1. The summed E-state index contributed by atoms with van der Waals surface area (Å²) < 4.78 is 6.68. The second-order valence-corrected chi connectivity index (χ2v) is 14.8. The van der Waals surface area contributed by atoms with Gasteiger partial charge in [-0.05, 0) is 56.3 Å². The topological polar surface area (TPSA) is 26.3 Å². The largest absolute Gasteiger partial charge is 0.410 e. The van der Waals surface area contributed by atoms with Crippen LogP contribution in [0.4, 0.5) is 0 Å². The number of allylic oxidation sites excluding steroid dienone is 4. The summed E-state index contributed by atoms with van der Waals surface area (Å²) in [6.07, 6.45) is 8.06. The standard InChI is InChI=1S/C25H46O2Si/c1-13-15-18(3)16-19(4)17-21(6)23(26)22(7)24(20(5)14-2)27-28(11,12)25(8,9)10/h13,15,17-18,21-22,24H,5,14,16H2,1-4,6-12H3/b15-13+,19-17+/t18-,21-,22-,24-/m1/s1. The Morgan fingerprint density at radius 3 is 2.14 bits per heavy atom. The van der Waals surface area contributed by atoms with Gasteiger partial charge in [-0.1, -0.05) is 78.8 Å². The van der Waals surface area contributed by atoms with Gasteiger partial charge < -0.3 is 4.43 Å². The number of hydrogen-bond donors (Lipinski definition) is 0. The fraction of sp³-hybridized carbons (Fsp3) is 0.720. The Morgan fingerprint density at radius 2 is 1.71 bits per heavy atom. The maximum absolute atomic E-state index is 13.2. The van der Waals surface area contributed by atoms with Crippen molar-refractivity contribution in [3.63, 3.8) is 0 Å². The van der Waals surface area contributed by atoms with Gasteiger partial charge in [0.05, 0.1) is 6.10 Å². The number of carbonyl (C=O) groups is 1. The summed E-state index contributed by atoms with van der Waals surface area (Å²) in [5, 5.41) is 0.104. The Kier molecular flexibility index (Phi) is 10.9. The predicted molar refractivity (Wildman–Crippen MR) is 127 cm³/mol. The van der Waals surface area contributed by atoms with Crippen molar-refractivity contribution in [1.29, 1.82) is 0 Å².